The molecule has 8 atom stereocenters. The van der Waals surface area contributed by atoms with E-state index in [2.05, 4.69) is 74.7 Å². The third-order valence-corrected chi connectivity index (χ3v) is 23.4. The fourth-order valence-electron chi connectivity index (χ4n) is 10.1. The second-order valence-electron chi connectivity index (χ2n) is 18.4. The summed E-state index contributed by atoms with van der Waals surface area (Å²) in [5, 5.41) is 0.438. The van der Waals surface area contributed by atoms with Crippen LogP contribution in [0.15, 0.2) is 0 Å². The van der Waals surface area contributed by atoms with Gasteiger partial charge in [-0.05, 0) is 111 Å². The van der Waals surface area contributed by atoms with Crippen LogP contribution in [0.3, 0.4) is 0 Å². The number of hydrogen-bond acceptors (Lipinski definition) is 5. The van der Waals surface area contributed by atoms with E-state index < -0.39 is 22.4 Å². The summed E-state index contributed by atoms with van der Waals surface area (Å²) in [4.78, 5) is 0. The quantitative estimate of drug-likeness (QED) is 0.224. The Morgan fingerprint density at radius 1 is 0.756 bits per heavy atom. The maximum atomic E-state index is 7.02. The Balaban J connectivity index is 1.17. The molecule has 5 nitrogen and oxygen atoms in total. The van der Waals surface area contributed by atoms with Crippen LogP contribution in [0.2, 0.25) is 36.3 Å². The smallest absolute Gasteiger partial charge is 0.194 e. The van der Waals surface area contributed by atoms with E-state index in [1.165, 1.54) is 51.4 Å². The zero-order valence-electron chi connectivity index (χ0n) is 28.4. The van der Waals surface area contributed by atoms with E-state index >= 15 is 0 Å². The van der Waals surface area contributed by atoms with Crippen molar-refractivity contribution in [2.24, 2.45) is 29.1 Å². The van der Waals surface area contributed by atoms with E-state index in [0.717, 1.165) is 18.3 Å². The molecule has 2 saturated heterocycles. The minimum Gasteiger partial charge on any atom is -0.414 e. The van der Waals surface area contributed by atoms with Gasteiger partial charge in [-0.2, -0.15) is 0 Å². The molecule has 6 fully saturated rings. The Morgan fingerprint density at radius 3 is 2.05 bits per heavy atom. The lowest BCUT2D eigenvalue weighted by atomic mass is 9.49. The van der Waals surface area contributed by atoms with Crippen LogP contribution in [0.4, 0.5) is 0 Å². The maximum Gasteiger partial charge on any atom is 0.194 e. The van der Waals surface area contributed by atoms with Gasteiger partial charge in [-0.3, -0.25) is 0 Å². The van der Waals surface area contributed by atoms with Gasteiger partial charge in [0.25, 0.3) is 0 Å². The second-order valence-corrected chi connectivity index (χ2v) is 27.9. The molecule has 0 unspecified atom stereocenters. The molecule has 4 aliphatic carbocycles. The highest BCUT2D eigenvalue weighted by atomic mass is 28.4. The van der Waals surface area contributed by atoms with Crippen molar-refractivity contribution in [1.82, 2.24) is 0 Å². The predicted octanol–water partition coefficient (Wildman–Crippen LogP) is 8.69. The minimum atomic E-state index is -1.91. The Morgan fingerprint density at radius 2 is 1.41 bits per heavy atom. The first-order valence-corrected chi connectivity index (χ1v) is 22.9. The van der Waals surface area contributed by atoms with Gasteiger partial charge in [0.05, 0.1) is 19.8 Å². The third-order valence-electron chi connectivity index (χ3n) is 14.4. The molecule has 0 aromatic carbocycles. The van der Waals surface area contributed by atoms with E-state index in [0.29, 0.717) is 37.8 Å². The highest BCUT2D eigenvalue weighted by molar-refractivity contribution is 6.74. The summed E-state index contributed by atoms with van der Waals surface area (Å²) < 4.78 is 34.1. The van der Waals surface area contributed by atoms with Crippen molar-refractivity contribution in [3.8, 4) is 0 Å². The lowest BCUT2D eigenvalue weighted by molar-refractivity contribution is -0.241. The summed E-state index contributed by atoms with van der Waals surface area (Å²) in [5.41, 5.74) is 0.476. The molecule has 0 aromatic rings. The van der Waals surface area contributed by atoms with Crippen LogP contribution in [-0.4, -0.2) is 59.5 Å². The van der Waals surface area contributed by atoms with Crippen molar-refractivity contribution in [1.29, 1.82) is 0 Å². The largest absolute Gasteiger partial charge is 0.414 e. The molecule has 0 amide bonds. The fourth-order valence-corrected chi connectivity index (χ4v) is 12.4. The van der Waals surface area contributed by atoms with Crippen LogP contribution in [0, 0.1) is 29.1 Å². The van der Waals surface area contributed by atoms with Crippen molar-refractivity contribution < 1.29 is 23.1 Å². The van der Waals surface area contributed by atoms with Gasteiger partial charge in [-0.15, -0.1) is 0 Å². The first-order valence-electron chi connectivity index (χ1n) is 17.1. The second kappa shape index (κ2) is 9.62. The number of epoxide rings is 1. The zero-order valence-corrected chi connectivity index (χ0v) is 30.4. The van der Waals surface area contributed by atoms with Gasteiger partial charge in [0.2, 0.25) is 0 Å². The van der Waals surface area contributed by atoms with Gasteiger partial charge in [-0.25, -0.2) is 0 Å². The standard InChI is InChI=1S/C34H62O5Si2/c1-29(2,3)40(8,9)37-23-34(35-20-21-36-34)28-13-12-26-25-15-18-32-22-24(38-41(10,11)30(4,5)6)14-19-33(32,39-32)27(25)16-17-31(26,28)7/h24-28H,12-23H2,1-11H3/t24-,25-,26-,27-,28-,31-,32+,33+/m0/s1. The van der Waals surface area contributed by atoms with E-state index in [1.807, 2.05) is 0 Å². The molecular formula is C34H62O5Si2. The van der Waals surface area contributed by atoms with Crippen molar-refractivity contribution in [3.05, 3.63) is 0 Å². The Hall–Kier alpha value is 0.234. The van der Waals surface area contributed by atoms with Crippen molar-refractivity contribution >= 4 is 16.6 Å². The molecule has 6 aliphatic rings. The van der Waals surface area contributed by atoms with Crippen LogP contribution in [0.1, 0.15) is 106 Å². The molecule has 0 aromatic heterocycles. The fraction of sp³-hybridized carbons (Fsp3) is 1.00. The molecule has 7 heteroatoms. The first kappa shape index (κ1) is 31.2. The van der Waals surface area contributed by atoms with Crippen LogP contribution in [0.5, 0.6) is 0 Å². The molecule has 2 heterocycles. The summed E-state index contributed by atoms with van der Waals surface area (Å²) in [6, 6.07) is 0. The summed E-state index contributed by atoms with van der Waals surface area (Å²) in [6.07, 6.45) is 11.5. The Kier molecular flexibility index (Phi) is 7.33. The van der Waals surface area contributed by atoms with Gasteiger partial charge < -0.3 is 23.1 Å². The summed E-state index contributed by atoms with van der Waals surface area (Å²) in [7, 11) is -3.68. The summed E-state index contributed by atoms with van der Waals surface area (Å²) >= 11 is 0. The molecule has 2 aliphatic heterocycles. The van der Waals surface area contributed by atoms with Gasteiger partial charge in [-0.1, -0.05) is 48.5 Å². The molecule has 41 heavy (non-hydrogen) atoms. The van der Waals surface area contributed by atoms with Crippen LogP contribution in [-0.2, 0) is 23.1 Å². The zero-order chi connectivity index (χ0) is 29.9. The van der Waals surface area contributed by atoms with E-state index in [4.69, 9.17) is 23.1 Å². The molecule has 6 rings (SSSR count). The van der Waals surface area contributed by atoms with Crippen LogP contribution < -0.4 is 0 Å². The van der Waals surface area contributed by atoms with E-state index in [-0.39, 0.29) is 26.7 Å². The highest BCUT2D eigenvalue weighted by Gasteiger charge is 2.79. The van der Waals surface area contributed by atoms with E-state index in [9.17, 15) is 0 Å². The normalized spacial score (nSPS) is 44.1. The average Bonchev–Trinajstić information content (AvgIpc) is 3.11. The van der Waals surface area contributed by atoms with Crippen molar-refractivity contribution in [2.75, 3.05) is 19.8 Å². The van der Waals surface area contributed by atoms with Crippen molar-refractivity contribution in [3.63, 3.8) is 0 Å². The third kappa shape index (κ3) is 4.67. The van der Waals surface area contributed by atoms with Gasteiger partial charge in [0.15, 0.2) is 22.4 Å². The molecule has 0 radical (unpaired) electrons. The average molecular weight is 607 g/mol. The van der Waals surface area contributed by atoms with Crippen LogP contribution >= 0.6 is 0 Å². The van der Waals surface area contributed by atoms with Crippen LogP contribution in [0.25, 0.3) is 0 Å². The molecule has 0 spiro atoms. The molecule has 0 N–H and O–H groups in total. The minimum absolute atomic E-state index is 0.0983. The Bertz CT molecular complexity index is 1010. The monoisotopic (exact) mass is 606 g/mol. The predicted molar refractivity (Wildman–Crippen MR) is 170 cm³/mol. The van der Waals surface area contributed by atoms with E-state index in [1.54, 1.807) is 0 Å². The van der Waals surface area contributed by atoms with Crippen molar-refractivity contribution in [2.45, 2.75) is 166 Å². The van der Waals surface area contributed by atoms with Gasteiger partial charge >= 0.3 is 0 Å². The number of ether oxygens (including phenoxy) is 3. The lowest BCUT2D eigenvalue weighted by Gasteiger charge is -2.55. The first-order chi connectivity index (χ1) is 18.8. The Labute approximate surface area is 253 Å². The molecule has 0 bridgehead atoms. The number of hydrogen-bond donors (Lipinski definition) is 0. The lowest BCUT2D eigenvalue weighted by Crippen LogP contribution is -2.58. The molecule has 236 valence electrons. The summed E-state index contributed by atoms with van der Waals surface area (Å²) in [6.45, 7) is 28.2. The SMILES string of the molecule is CC(C)(C)[Si](C)(C)OCC1([C@H]2CC[C@H]3[C@@H]4CC[C@@]56C[C@@H](O[Si](C)(C)C(C)(C)C)CC[C@@]5(O6)[C@H]4CC[C@]23C)OCCO1. The number of fused-ring (bicyclic) bond motifs is 3. The number of rotatable bonds is 6. The van der Waals surface area contributed by atoms with Gasteiger partial charge in [0.1, 0.15) is 11.2 Å². The molecule has 4 saturated carbocycles. The molecular weight excluding hydrogens is 545 g/mol. The maximum absolute atomic E-state index is 7.02. The van der Waals surface area contributed by atoms with Gasteiger partial charge in [0, 0.05) is 18.4 Å². The summed E-state index contributed by atoms with van der Waals surface area (Å²) in [5.74, 6) is 2.06. The topological polar surface area (TPSA) is 49.5 Å². The highest BCUT2D eigenvalue weighted by Crippen LogP contribution is 2.75.